The van der Waals surface area contributed by atoms with Gasteiger partial charge in [0.2, 0.25) is 18.2 Å². The van der Waals surface area contributed by atoms with Crippen LogP contribution in [0, 0.1) is 11.8 Å². The van der Waals surface area contributed by atoms with E-state index < -0.39 is 47.9 Å². The molecule has 6 atom stereocenters. The lowest BCUT2D eigenvalue weighted by atomic mass is 9.84. The summed E-state index contributed by atoms with van der Waals surface area (Å²) in [5.74, 6) is -2.13. The molecule has 0 aromatic heterocycles. The fourth-order valence-electron chi connectivity index (χ4n) is 5.52. The molecule has 1 heterocycles. The predicted molar refractivity (Wildman–Crippen MR) is 157 cm³/mol. The maximum absolute atomic E-state index is 14.5. The van der Waals surface area contributed by atoms with Crippen molar-refractivity contribution in [2.45, 2.75) is 124 Å². The van der Waals surface area contributed by atoms with Crippen LogP contribution in [0.1, 0.15) is 92.6 Å². The van der Waals surface area contributed by atoms with E-state index in [0.717, 1.165) is 18.4 Å². The van der Waals surface area contributed by atoms with Gasteiger partial charge in [0.25, 0.3) is 0 Å². The van der Waals surface area contributed by atoms with E-state index in [0.29, 0.717) is 19.4 Å². The number of nitrogens with zero attached hydrogens (tertiary/aromatic N) is 1. The Hall–Kier alpha value is -3.21. The number of rotatable bonds is 13. The second-order valence-electron chi connectivity index (χ2n) is 12.1. The number of esters is 1. The number of carbonyl (C=O) groups is 4. The molecule has 0 bridgehead atoms. The van der Waals surface area contributed by atoms with Gasteiger partial charge in [-0.2, -0.15) is 0 Å². The Kier molecular flexibility index (Phi) is 13.7. The first kappa shape index (κ1) is 35.0. The molecule has 0 saturated carbocycles. The average molecular weight is 593 g/mol. The van der Waals surface area contributed by atoms with Gasteiger partial charge in [0, 0.05) is 32.0 Å². The zero-order chi connectivity index (χ0) is 31.4. The Morgan fingerprint density at radius 3 is 2.26 bits per heavy atom. The standard InChI is InChI=1S/C31H49FN4O6/c1-8-13-23(20(3)33-21(4)37)17-25-24(28(38)34-35-30(40)42-31(5,6)7)18-26(29(39)41-27(32)14-9-2)36(25)19-22-15-11-10-12-16-22/h10-12,15-16,20,23-27H,8-9,13-14,17-19H2,1-7H3,(H,33,37)(H,34,38)(H,35,40)/t20?,23?,24-,25-,26-,27?/m1/s1. The number of benzene rings is 1. The number of carbonyl (C=O) groups excluding carboxylic acids is 4. The second kappa shape index (κ2) is 16.4. The van der Waals surface area contributed by atoms with E-state index in [9.17, 15) is 23.6 Å². The van der Waals surface area contributed by atoms with Gasteiger partial charge >= 0.3 is 12.1 Å². The molecule has 10 nitrogen and oxygen atoms in total. The monoisotopic (exact) mass is 592 g/mol. The van der Waals surface area contributed by atoms with Crippen molar-refractivity contribution < 1.29 is 33.0 Å². The molecule has 1 aliphatic rings. The average Bonchev–Trinajstić information content (AvgIpc) is 3.24. The molecule has 3 N–H and O–H groups in total. The van der Waals surface area contributed by atoms with E-state index in [1.165, 1.54) is 6.92 Å². The minimum absolute atomic E-state index is 0.0138. The number of hydrazine groups is 1. The molecule has 11 heteroatoms. The molecule has 1 aromatic rings. The van der Waals surface area contributed by atoms with E-state index in [2.05, 4.69) is 16.2 Å². The van der Waals surface area contributed by atoms with Crippen LogP contribution in [0.2, 0.25) is 0 Å². The highest BCUT2D eigenvalue weighted by Crippen LogP contribution is 2.38. The summed E-state index contributed by atoms with van der Waals surface area (Å²) in [6.45, 7) is 12.7. The van der Waals surface area contributed by atoms with Gasteiger partial charge in [-0.1, -0.05) is 50.6 Å². The lowest BCUT2D eigenvalue weighted by Crippen LogP contribution is -2.50. The normalized spacial score (nSPS) is 21.1. The zero-order valence-electron chi connectivity index (χ0n) is 26.1. The third-order valence-electron chi connectivity index (χ3n) is 7.37. The van der Waals surface area contributed by atoms with Crippen molar-refractivity contribution in [3.8, 4) is 0 Å². The van der Waals surface area contributed by atoms with Crippen molar-refractivity contribution in [2.24, 2.45) is 11.8 Å². The van der Waals surface area contributed by atoms with E-state index in [-0.39, 0.29) is 30.7 Å². The summed E-state index contributed by atoms with van der Waals surface area (Å²) in [5, 5.41) is 2.97. The fourth-order valence-corrected chi connectivity index (χ4v) is 5.52. The number of hydrogen-bond donors (Lipinski definition) is 3. The van der Waals surface area contributed by atoms with Crippen molar-refractivity contribution in [3.05, 3.63) is 35.9 Å². The number of amides is 3. The van der Waals surface area contributed by atoms with Crippen LogP contribution >= 0.6 is 0 Å². The third kappa shape index (κ3) is 11.2. The summed E-state index contributed by atoms with van der Waals surface area (Å²) in [4.78, 5) is 53.0. The molecule has 0 spiro atoms. The Bertz CT molecular complexity index is 1030. The van der Waals surface area contributed by atoms with Crippen LogP contribution in [0.15, 0.2) is 30.3 Å². The quantitative estimate of drug-likeness (QED) is 0.223. The summed E-state index contributed by atoms with van der Waals surface area (Å²) in [7, 11) is 0. The van der Waals surface area contributed by atoms with Crippen LogP contribution in [0.4, 0.5) is 9.18 Å². The van der Waals surface area contributed by atoms with Crippen molar-refractivity contribution in [1.82, 2.24) is 21.1 Å². The Balaban J connectivity index is 2.45. The minimum Gasteiger partial charge on any atom is -0.443 e. The number of alkyl halides is 1. The van der Waals surface area contributed by atoms with Crippen LogP contribution in [-0.4, -0.2) is 58.9 Å². The SMILES string of the molecule is CCCC(F)OC(=O)[C@H]1C[C@@H](C(=O)NNC(=O)OC(C)(C)C)[C@@H](CC(CCC)C(C)NC(C)=O)N1Cc1ccccc1. The van der Waals surface area contributed by atoms with Crippen LogP contribution in [0.25, 0.3) is 0 Å². The van der Waals surface area contributed by atoms with Crippen LogP contribution < -0.4 is 16.2 Å². The highest BCUT2D eigenvalue weighted by atomic mass is 19.1. The maximum Gasteiger partial charge on any atom is 0.426 e. The molecule has 1 aliphatic heterocycles. The summed E-state index contributed by atoms with van der Waals surface area (Å²) < 4.78 is 24.9. The first-order valence-corrected chi connectivity index (χ1v) is 15.0. The van der Waals surface area contributed by atoms with Crippen molar-refractivity contribution >= 4 is 23.9 Å². The molecule has 1 saturated heterocycles. The third-order valence-corrected chi connectivity index (χ3v) is 7.37. The molecule has 236 valence electrons. The Morgan fingerprint density at radius 2 is 1.69 bits per heavy atom. The highest BCUT2D eigenvalue weighted by molar-refractivity contribution is 5.84. The molecule has 2 rings (SSSR count). The lowest BCUT2D eigenvalue weighted by Gasteiger charge is -2.35. The fraction of sp³-hybridized carbons (Fsp3) is 0.677. The molecule has 0 aliphatic carbocycles. The number of halogens is 1. The van der Waals surface area contributed by atoms with Gasteiger partial charge in [-0.05, 0) is 64.9 Å². The number of nitrogens with one attached hydrogen (secondary N) is 3. The van der Waals surface area contributed by atoms with E-state index in [1.54, 1.807) is 27.7 Å². The van der Waals surface area contributed by atoms with E-state index in [4.69, 9.17) is 9.47 Å². The van der Waals surface area contributed by atoms with Gasteiger partial charge in [-0.15, -0.1) is 0 Å². The molecular formula is C31H49FN4O6. The number of likely N-dealkylation sites (tertiary alicyclic amines) is 1. The Morgan fingerprint density at radius 1 is 1.05 bits per heavy atom. The molecule has 0 radical (unpaired) electrons. The second-order valence-corrected chi connectivity index (χ2v) is 12.1. The van der Waals surface area contributed by atoms with Crippen LogP contribution in [0.3, 0.4) is 0 Å². The number of ether oxygens (including phenoxy) is 2. The summed E-state index contributed by atoms with van der Waals surface area (Å²) in [6, 6.07) is 7.97. The molecule has 1 fully saturated rings. The molecular weight excluding hydrogens is 543 g/mol. The lowest BCUT2D eigenvalue weighted by molar-refractivity contribution is -0.164. The minimum atomic E-state index is -1.74. The predicted octanol–water partition coefficient (Wildman–Crippen LogP) is 4.77. The highest BCUT2D eigenvalue weighted by Gasteiger charge is 2.49. The van der Waals surface area contributed by atoms with Crippen LogP contribution in [0.5, 0.6) is 0 Å². The summed E-state index contributed by atoms with van der Waals surface area (Å²) >= 11 is 0. The topological polar surface area (TPSA) is 126 Å². The number of hydrogen-bond acceptors (Lipinski definition) is 7. The van der Waals surface area contributed by atoms with Gasteiger partial charge < -0.3 is 14.8 Å². The van der Waals surface area contributed by atoms with Crippen molar-refractivity contribution in [3.63, 3.8) is 0 Å². The Labute approximate surface area is 249 Å². The first-order chi connectivity index (χ1) is 19.7. The summed E-state index contributed by atoms with van der Waals surface area (Å²) in [5.41, 5.74) is 4.93. The molecule has 42 heavy (non-hydrogen) atoms. The van der Waals surface area contributed by atoms with Gasteiger partial charge in [0.1, 0.15) is 11.6 Å². The van der Waals surface area contributed by atoms with E-state index >= 15 is 0 Å². The van der Waals surface area contributed by atoms with Gasteiger partial charge in [-0.3, -0.25) is 24.7 Å². The summed E-state index contributed by atoms with van der Waals surface area (Å²) in [6.07, 6.45) is 0.213. The molecule has 3 amide bonds. The van der Waals surface area contributed by atoms with E-state index in [1.807, 2.05) is 49.1 Å². The zero-order valence-corrected chi connectivity index (χ0v) is 26.1. The molecule has 1 aromatic carbocycles. The van der Waals surface area contributed by atoms with Crippen LogP contribution in [-0.2, 0) is 30.4 Å². The van der Waals surface area contributed by atoms with Gasteiger partial charge in [-0.25, -0.2) is 14.6 Å². The van der Waals surface area contributed by atoms with Gasteiger partial charge in [0.15, 0.2) is 0 Å². The first-order valence-electron chi connectivity index (χ1n) is 15.0. The smallest absolute Gasteiger partial charge is 0.426 e. The van der Waals surface area contributed by atoms with Crippen molar-refractivity contribution in [1.29, 1.82) is 0 Å². The van der Waals surface area contributed by atoms with Gasteiger partial charge in [0.05, 0.1) is 5.92 Å². The van der Waals surface area contributed by atoms with Crippen molar-refractivity contribution in [2.75, 3.05) is 0 Å². The molecule has 3 unspecified atom stereocenters. The maximum atomic E-state index is 14.5. The largest absolute Gasteiger partial charge is 0.443 e.